The van der Waals surface area contributed by atoms with Crippen LogP contribution in [0, 0.1) is 77.0 Å². The SMILES string of the molecule is CC(=O)[C@@H]1[C@H]2Cc3cc(OCc4cccc(-c5c(C)cc(OCCCS(C)(=O)=O)cc5C)c4)ncc3[C@H]21.CC(=O)[C@H]1[C@@H]2Cc3cc(OCc4cccc(-c5c(C)cc(OCCCS(C)(=O)=O)cc5C)c4)ncc3[C@@H]21.CCOC(=O)C1C2Cc3cc(=O)[nH]cc3C21.Cc1cc(OCCCS(C)=O)cc(C)c1-c1cccc(CBr)c1.O. The lowest BCUT2D eigenvalue weighted by atomic mass is 9.94. The molecule has 10 atom stereocenters. The fourth-order valence-corrected chi connectivity index (χ4v) is 19.5. The number of benzene rings is 6. The molecular formula is C91H104BrN3O16S3. The van der Waals surface area contributed by atoms with Crippen LogP contribution in [0.5, 0.6) is 29.0 Å². The van der Waals surface area contributed by atoms with Crippen molar-refractivity contribution in [3.63, 3.8) is 0 Å². The first-order chi connectivity index (χ1) is 53.9. The summed E-state index contributed by atoms with van der Waals surface area (Å²) in [6.45, 7) is 20.3. The summed E-state index contributed by atoms with van der Waals surface area (Å²) in [5, 5.41) is 0.860. The van der Waals surface area contributed by atoms with E-state index in [-0.39, 0.29) is 63.7 Å². The number of ether oxygens (including phenoxy) is 6. The minimum atomic E-state index is -2.98. The minimum Gasteiger partial charge on any atom is -0.494 e. The number of esters is 1. The van der Waals surface area contributed by atoms with Crippen molar-refractivity contribution in [1.29, 1.82) is 0 Å². The summed E-state index contributed by atoms with van der Waals surface area (Å²) in [5.41, 5.74) is 24.3. The highest BCUT2D eigenvalue weighted by Crippen LogP contribution is 2.63. The van der Waals surface area contributed by atoms with Gasteiger partial charge in [-0.1, -0.05) is 76.6 Å². The zero-order chi connectivity index (χ0) is 80.7. The number of aryl methyl sites for hydroxylation is 6. The number of nitrogens with one attached hydrogen (secondary N) is 1. The number of rotatable bonds is 29. The topological polar surface area (TPSA) is 282 Å². The maximum Gasteiger partial charge on any atom is 0.309 e. The first kappa shape index (κ1) is 85.7. The summed E-state index contributed by atoms with van der Waals surface area (Å²) >= 11 is 3.52. The molecule has 3 N–H and O–H groups in total. The fourth-order valence-electron chi connectivity index (χ4n) is 17.3. The van der Waals surface area contributed by atoms with Crippen molar-refractivity contribution < 1.29 is 69.3 Å². The van der Waals surface area contributed by atoms with E-state index in [0.717, 1.165) is 115 Å². The number of carbonyl (C=O) groups is 3. The van der Waals surface area contributed by atoms with Gasteiger partial charge in [-0.3, -0.25) is 23.4 Å². The number of H-pyrrole nitrogens is 1. The van der Waals surface area contributed by atoms with Gasteiger partial charge in [-0.2, -0.15) is 0 Å². The van der Waals surface area contributed by atoms with Crippen molar-refractivity contribution in [2.75, 3.05) is 62.5 Å². The molecule has 19 nitrogen and oxygen atoms in total. The molecule has 3 fully saturated rings. The monoisotopic (exact) mass is 1670 g/mol. The lowest BCUT2D eigenvalue weighted by Crippen LogP contribution is -2.13. The molecule has 6 aliphatic carbocycles. The molecule has 604 valence electrons. The van der Waals surface area contributed by atoms with Gasteiger partial charge < -0.3 is 38.9 Å². The zero-order valence-electron chi connectivity index (χ0n) is 67.0. The summed E-state index contributed by atoms with van der Waals surface area (Å²) in [4.78, 5) is 57.9. The highest BCUT2D eigenvalue weighted by Gasteiger charge is 2.61. The Balaban J connectivity index is 0.000000156. The number of ketones is 2. The van der Waals surface area contributed by atoms with Crippen LogP contribution in [0.15, 0.2) is 151 Å². The molecule has 3 heterocycles. The number of fused-ring (bicyclic) bond motifs is 9. The number of hydrogen-bond donors (Lipinski definition) is 1. The van der Waals surface area contributed by atoms with Gasteiger partial charge in [-0.15, -0.1) is 0 Å². The van der Waals surface area contributed by atoms with E-state index in [9.17, 15) is 40.2 Å². The zero-order valence-corrected chi connectivity index (χ0v) is 71.0. The largest absolute Gasteiger partial charge is 0.494 e. The molecular weight excluding hydrogens is 1570 g/mol. The molecule has 3 saturated carbocycles. The number of pyridine rings is 3. The second kappa shape index (κ2) is 37.2. The standard InChI is InChI=1S/2C30H33NO5S.C19H23BrO2S.C12H13NO3.H2O/c2*1-18-11-24(35-9-6-10-37(4,33)34)12-19(2)28(18)22-8-5-7-21(13-22)17-36-27-15-23-14-25-29(20(3)32)30(25)26(23)16-31-27;1-14-10-18(22-8-5-9-23(3)21)11-15(2)19(14)17-7-4-6-16(12-17)13-20;1-2-16-12(15)11-7-3-6-4-9(14)13-5-8(6)10(7)11;/h2*5,7-8,11-13,15-16,25,29-30H,6,9-10,14,17H2,1-4H3;4,6-7,10-12H,5,8-9,13H2,1-3H3;4-5,7,10-11H,2-3H2,1H3,(H,13,14);1H2/t2*25-,29-,30+;;;/m10.../s1. The summed E-state index contributed by atoms with van der Waals surface area (Å²) in [7, 11) is -6.70. The molecule has 4 unspecified atom stereocenters. The molecule has 0 saturated heterocycles. The van der Waals surface area contributed by atoms with Crippen molar-refractivity contribution in [2.45, 2.75) is 137 Å². The number of aromatic nitrogens is 3. The van der Waals surface area contributed by atoms with Crippen molar-refractivity contribution >= 4 is 63.9 Å². The Labute approximate surface area is 680 Å². The Kier molecular flexibility index (Phi) is 28.0. The number of hydrogen-bond acceptors (Lipinski definition) is 17. The molecule has 9 aromatic rings. The molecule has 0 spiro atoms. The molecule has 3 aromatic heterocycles. The van der Waals surface area contributed by atoms with Gasteiger partial charge in [-0.05, 0) is 296 Å². The predicted molar refractivity (Wildman–Crippen MR) is 451 cm³/mol. The van der Waals surface area contributed by atoms with Gasteiger partial charge >= 0.3 is 5.97 Å². The molecule has 0 bridgehead atoms. The van der Waals surface area contributed by atoms with Crippen molar-refractivity contribution in [2.24, 2.45) is 35.5 Å². The molecule has 0 radical (unpaired) electrons. The van der Waals surface area contributed by atoms with E-state index in [2.05, 4.69) is 133 Å². The Hall–Kier alpha value is -9.13. The number of Topliss-reactive ketones (excluding diaryl/α,β-unsaturated/α-hetero) is 2. The van der Waals surface area contributed by atoms with E-state index >= 15 is 0 Å². The lowest BCUT2D eigenvalue weighted by molar-refractivity contribution is -0.145. The van der Waals surface area contributed by atoms with E-state index in [1.165, 1.54) is 62.6 Å². The Bertz CT molecular complexity index is 5100. The van der Waals surface area contributed by atoms with Gasteiger partial charge in [0, 0.05) is 95.2 Å². The smallest absolute Gasteiger partial charge is 0.309 e. The number of carbonyl (C=O) groups excluding carboxylic acids is 3. The van der Waals surface area contributed by atoms with Gasteiger partial charge in [0.05, 0.1) is 43.9 Å². The first-order valence-corrected chi connectivity index (χ1v) is 45.7. The number of alkyl halides is 1. The molecule has 114 heavy (non-hydrogen) atoms. The Morgan fingerprint density at radius 1 is 0.509 bits per heavy atom. The van der Waals surface area contributed by atoms with E-state index in [1.54, 1.807) is 32.4 Å². The van der Waals surface area contributed by atoms with Gasteiger partial charge in [0.2, 0.25) is 17.3 Å². The maximum absolute atomic E-state index is 11.8. The van der Waals surface area contributed by atoms with Crippen LogP contribution in [-0.2, 0) is 87.4 Å². The van der Waals surface area contributed by atoms with Gasteiger partial charge in [0.25, 0.3) is 0 Å². The molecule has 6 aromatic carbocycles. The predicted octanol–water partition coefficient (Wildman–Crippen LogP) is 15.5. The number of nitrogens with zero attached hydrogens (tertiary/aromatic N) is 2. The van der Waals surface area contributed by atoms with Crippen LogP contribution in [0.25, 0.3) is 33.4 Å². The van der Waals surface area contributed by atoms with Crippen LogP contribution >= 0.6 is 15.9 Å². The summed E-state index contributed by atoms with van der Waals surface area (Å²) in [5.74, 6) is 7.76. The van der Waals surface area contributed by atoms with E-state index in [1.807, 2.05) is 80.0 Å². The van der Waals surface area contributed by atoms with E-state index in [4.69, 9.17) is 28.4 Å². The average molecular weight is 1670 g/mol. The van der Waals surface area contributed by atoms with Crippen molar-refractivity contribution in [3.05, 3.63) is 240 Å². The molecule has 23 heteroatoms. The van der Waals surface area contributed by atoms with Gasteiger partial charge in [0.15, 0.2) is 0 Å². The summed E-state index contributed by atoms with van der Waals surface area (Å²) in [6, 6.07) is 43.1. The lowest BCUT2D eigenvalue weighted by Gasteiger charge is -2.15. The van der Waals surface area contributed by atoms with Crippen LogP contribution < -0.4 is 29.2 Å². The summed E-state index contributed by atoms with van der Waals surface area (Å²) in [6.07, 6.45) is 14.2. The Morgan fingerprint density at radius 3 is 1.25 bits per heavy atom. The third-order valence-electron chi connectivity index (χ3n) is 22.3. The van der Waals surface area contributed by atoms with Crippen LogP contribution in [0.3, 0.4) is 0 Å². The molecule has 6 aliphatic rings. The third kappa shape index (κ3) is 21.3. The quantitative estimate of drug-likeness (QED) is 0.0259. The second-order valence-electron chi connectivity index (χ2n) is 31.2. The van der Waals surface area contributed by atoms with Crippen LogP contribution in [-0.4, -0.2) is 121 Å². The van der Waals surface area contributed by atoms with Gasteiger partial charge in [0.1, 0.15) is 61.7 Å². The summed E-state index contributed by atoms with van der Waals surface area (Å²) < 4.78 is 90.9. The van der Waals surface area contributed by atoms with Crippen LogP contribution in [0.1, 0.15) is 141 Å². The van der Waals surface area contributed by atoms with Crippen LogP contribution in [0.4, 0.5) is 0 Å². The first-order valence-electron chi connectivity index (χ1n) is 38.8. The molecule has 0 amide bonds. The normalized spacial score (nSPS) is 19.4. The minimum absolute atomic E-state index is 0. The molecule has 0 aliphatic heterocycles. The van der Waals surface area contributed by atoms with Crippen molar-refractivity contribution in [1.82, 2.24) is 15.0 Å². The van der Waals surface area contributed by atoms with Crippen LogP contribution in [0.2, 0.25) is 0 Å². The Morgan fingerprint density at radius 2 is 0.877 bits per heavy atom. The van der Waals surface area contributed by atoms with Crippen molar-refractivity contribution in [3.8, 4) is 62.4 Å². The molecule has 15 rings (SSSR count). The van der Waals surface area contributed by atoms with E-state index < -0.39 is 30.5 Å². The maximum atomic E-state index is 11.8. The van der Waals surface area contributed by atoms with E-state index in [0.29, 0.717) is 99.6 Å². The van der Waals surface area contributed by atoms with Gasteiger partial charge in [-0.25, -0.2) is 26.8 Å². The second-order valence-corrected chi connectivity index (χ2v) is 37.8. The highest BCUT2D eigenvalue weighted by molar-refractivity contribution is 9.08. The highest BCUT2D eigenvalue weighted by atomic mass is 79.9. The number of aromatic amines is 1. The fraction of sp³-hybridized carbons (Fsp3) is 0.407. The third-order valence-corrected chi connectivity index (χ3v) is 25.9. The average Bonchev–Trinajstić information content (AvgIpc) is 1.56. The number of halogens is 1. The number of sulfone groups is 2.